The number of hydrogen-bond donors (Lipinski definition) is 0. The molecule has 1 unspecified atom stereocenters. The van der Waals surface area contributed by atoms with E-state index in [2.05, 4.69) is 85.0 Å². The Morgan fingerprint density at radius 3 is 1.96 bits per heavy atom. The van der Waals surface area contributed by atoms with Gasteiger partial charge in [0.15, 0.2) is 0 Å². The maximum atomic E-state index is 2.51. The summed E-state index contributed by atoms with van der Waals surface area (Å²) >= 11 is 0. The molecule has 2 aromatic carbocycles. The minimum atomic E-state index is -0.304. The summed E-state index contributed by atoms with van der Waals surface area (Å²) in [4.78, 5) is 0. The fraction of sp³-hybridized carbons (Fsp3) is 0.273. The standard InChI is InChI=1S/C22H23P/c1-3-12-19(13-4-1)23(20-14-5-2-6-15-20)22-17-9-16-21(22)18-10-7-8-11-18/h1-7,9-10,12-16,18,21-22H,8,11,17H2/t18-,21-,22?/m0/s1. The van der Waals surface area contributed by atoms with Crippen LogP contribution in [0.1, 0.15) is 19.3 Å². The second kappa shape index (κ2) is 6.85. The highest BCUT2D eigenvalue weighted by atomic mass is 31.1. The molecule has 0 saturated heterocycles. The maximum Gasteiger partial charge on any atom is -0.00257 e. The summed E-state index contributed by atoms with van der Waals surface area (Å²) in [6, 6.07) is 22.4. The van der Waals surface area contributed by atoms with Gasteiger partial charge < -0.3 is 0 Å². The van der Waals surface area contributed by atoms with Crippen LogP contribution < -0.4 is 10.6 Å². The Morgan fingerprint density at radius 2 is 1.39 bits per heavy atom. The van der Waals surface area contributed by atoms with Crippen LogP contribution >= 0.6 is 7.92 Å². The van der Waals surface area contributed by atoms with E-state index in [1.165, 1.54) is 29.9 Å². The molecule has 3 atom stereocenters. The van der Waals surface area contributed by atoms with Crippen molar-refractivity contribution in [3.8, 4) is 0 Å². The van der Waals surface area contributed by atoms with Gasteiger partial charge in [-0.25, -0.2) is 0 Å². The van der Waals surface area contributed by atoms with Crippen molar-refractivity contribution >= 4 is 18.5 Å². The highest BCUT2D eigenvalue weighted by Gasteiger charge is 2.36. The third-order valence-corrected chi connectivity index (χ3v) is 8.05. The Bertz CT molecular complexity index is 647. The predicted octanol–water partition coefficient (Wildman–Crippen LogP) is 5.03. The van der Waals surface area contributed by atoms with Gasteiger partial charge in [-0.3, -0.25) is 0 Å². The van der Waals surface area contributed by atoms with Crippen LogP contribution in [0.4, 0.5) is 0 Å². The average molecular weight is 318 g/mol. The lowest BCUT2D eigenvalue weighted by Gasteiger charge is -2.32. The normalized spacial score (nSPS) is 26.2. The first kappa shape index (κ1) is 14.9. The second-order valence-electron chi connectivity index (χ2n) is 6.52. The first-order valence-corrected chi connectivity index (χ1v) is 10.1. The van der Waals surface area contributed by atoms with Gasteiger partial charge in [0.05, 0.1) is 0 Å². The van der Waals surface area contributed by atoms with Crippen LogP contribution in [0.3, 0.4) is 0 Å². The van der Waals surface area contributed by atoms with Gasteiger partial charge in [0, 0.05) is 0 Å². The smallest absolute Gasteiger partial charge is 0.00257 e. The Balaban J connectivity index is 1.72. The van der Waals surface area contributed by atoms with Gasteiger partial charge in [-0.2, -0.15) is 0 Å². The summed E-state index contributed by atoms with van der Waals surface area (Å²) in [5.74, 6) is 1.46. The number of hydrogen-bond acceptors (Lipinski definition) is 0. The first-order valence-electron chi connectivity index (χ1n) is 8.66. The van der Waals surface area contributed by atoms with E-state index < -0.39 is 0 Å². The summed E-state index contributed by atoms with van der Waals surface area (Å²) in [5, 5.41) is 3.05. The van der Waals surface area contributed by atoms with Crippen molar-refractivity contribution in [2.75, 3.05) is 0 Å². The molecule has 2 aromatic rings. The summed E-state index contributed by atoms with van der Waals surface area (Å²) < 4.78 is 0. The molecule has 0 nitrogen and oxygen atoms in total. The topological polar surface area (TPSA) is 0 Å². The molecule has 0 heterocycles. The first-order chi connectivity index (χ1) is 11.4. The number of rotatable bonds is 4. The zero-order chi connectivity index (χ0) is 15.5. The fourth-order valence-electron chi connectivity index (χ4n) is 4.05. The SMILES string of the molecule is C1=C[C@H]([C@@H]2C=CCC2P(c2ccccc2)c2ccccc2)CC1. The molecular formula is C22H23P. The molecular weight excluding hydrogens is 295 g/mol. The Hall–Kier alpha value is -1.65. The number of allylic oxidation sites excluding steroid dienone is 4. The van der Waals surface area contributed by atoms with Gasteiger partial charge in [-0.1, -0.05) is 85.0 Å². The fourth-order valence-corrected chi connectivity index (χ4v) is 7.10. The van der Waals surface area contributed by atoms with Crippen LogP contribution in [0, 0.1) is 11.8 Å². The summed E-state index contributed by atoms with van der Waals surface area (Å²) in [5.41, 5.74) is 0.738. The third-order valence-electron chi connectivity index (χ3n) is 5.12. The molecule has 0 saturated carbocycles. The van der Waals surface area contributed by atoms with Crippen LogP contribution in [-0.2, 0) is 0 Å². The van der Waals surface area contributed by atoms with Gasteiger partial charge in [0.1, 0.15) is 0 Å². The molecule has 2 aliphatic carbocycles. The van der Waals surface area contributed by atoms with E-state index in [0.29, 0.717) is 5.92 Å². The molecule has 0 amide bonds. The highest BCUT2D eigenvalue weighted by molar-refractivity contribution is 7.73. The van der Waals surface area contributed by atoms with Crippen molar-refractivity contribution < 1.29 is 0 Å². The van der Waals surface area contributed by atoms with Gasteiger partial charge in [-0.15, -0.1) is 0 Å². The molecule has 0 fully saturated rings. The summed E-state index contributed by atoms with van der Waals surface area (Å²) in [6.07, 6.45) is 13.6. The van der Waals surface area contributed by atoms with Crippen molar-refractivity contribution in [2.24, 2.45) is 11.8 Å². The van der Waals surface area contributed by atoms with Gasteiger partial charge in [0.25, 0.3) is 0 Å². The second-order valence-corrected chi connectivity index (χ2v) is 8.96. The van der Waals surface area contributed by atoms with E-state index in [1.54, 1.807) is 0 Å². The third kappa shape index (κ3) is 3.06. The molecule has 116 valence electrons. The van der Waals surface area contributed by atoms with Crippen molar-refractivity contribution in [1.29, 1.82) is 0 Å². The highest BCUT2D eigenvalue weighted by Crippen LogP contribution is 2.51. The monoisotopic (exact) mass is 318 g/mol. The predicted molar refractivity (Wildman–Crippen MR) is 102 cm³/mol. The lowest BCUT2D eigenvalue weighted by atomic mass is 9.91. The lowest BCUT2D eigenvalue weighted by molar-refractivity contribution is 0.467. The molecule has 0 spiro atoms. The molecule has 0 bridgehead atoms. The van der Waals surface area contributed by atoms with Crippen molar-refractivity contribution in [2.45, 2.75) is 24.9 Å². The molecule has 23 heavy (non-hydrogen) atoms. The molecule has 4 rings (SSSR count). The molecule has 0 radical (unpaired) electrons. The van der Waals surface area contributed by atoms with Crippen LogP contribution in [0.5, 0.6) is 0 Å². The summed E-state index contributed by atoms with van der Waals surface area (Å²) in [7, 11) is -0.304. The van der Waals surface area contributed by atoms with E-state index >= 15 is 0 Å². The quantitative estimate of drug-likeness (QED) is 0.548. The van der Waals surface area contributed by atoms with Crippen molar-refractivity contribution in [3.63, 3.8) is 0 Å². The minimum absolute atomic E-state index is 0.304. The molecule has 2 aliphatic rings. The largest absolute Gasteiger partial charge is 0.0882 e. The summed E-state index contributed by atoms with van der Waals surface area (Å²) in [6.45, 7) is 0. The van der Waals surface area contributed by atoms with Crippen LogP contribution in [0.25, 0.3) is 0 Å². The van der Waals surface area contributed by atoms with Crippen molar-refractivity contribution in [3.05, 3.63) is 85.0 Å². The Morgan fingerprint density at radius 1 is 0.739 bits per heavy atom. The average Bonchev–Trinajstić information content (AvgIpc) is 3.28. The molecule has 0 aliphatic heterocycles. The zero-order valence-electron chi connectivity index (χ0n) is 13.4. The van der Waals surface area contributed by atoms with E-state index in [1.807, 2.05) is 0 Å². The van der Waals surface area contributed by atoms with Crippen LogP contribution in [0.2, 0.25) is 0 Å². The van der Waals surface area contributed by atoms with E-state index in [4.69, 9.17) is 0 Å². The van der Waals surface area contributed by atoms with Crippen LogP contribution in [0.15, 0.2) is 85.0 Å². The van der Waals surface area contributed by atoms with E-state index in [-0.39, 0.29) is 7.92 Å². The Labute approximate surface area is 140 Å². The zero-order valence-corrected chi connectivity index (χ0v) is 14.3. The molecule has 0 aromatic heterocycles. The number of benzene rings is 2. The Kier molecular flexibility index (Phi) is 4.44. The van der Waals surface area contributed by atoms with Crippen molar-refractivity contribution in [1.82, 2.24) is 0 Å². The van der Waals surface area contributed by atoms with Gasteiger partial charge in [0.2, 0.25) is 0 Å². The lowest BCUT2D eigenvalue weighted by Crippen LogP contribution is -2.28. The maximum absolute atomic E-state index is 2.51. The minimum Gasteiger partial charge on any atom is -0.0882 e. The van der Waals surface area contributed by atoms with Crippen LogP contribution in [-0.4, -0.2) is 5.66 Å². The van der Waals surface area contributed by atoms with E-state index in [0.717, 1.165) is 11.6 Å². The van der Waals surface area contributed by atoms with Gasteiger partial charge >= 0.3 is 0 Å². The van der Waals surface area contributed by atoms with Gasteiger partial charge in [-0.05, 0) is 55.3 Å². The molecule has 0 N–H and O–H groups in total. The molecule has 1 heteroatoms. The van der Waals surface area contributed by atoms with E-state index in [9.17, 15) is 0 Å².